The van der Waals surface area contributed by atoms with Gasteiger partial charge in [0.25, 0.3) is 0 Å². The number of rotatable bonds is 11. The quantitative estimate of drug-likeness (QED) is 0.252. The van der Waals surface area contributed by atoms with Gasteiger partial charge in [0.2, 0.25) is 6.23 Å². The zero-order valence-corrected chi connectivity index (χ0v) is 20.8. The molecule has 3 aromatic rings. The molecule has 1 saturated heterocycles. The van der Waals surface area contributed by atoms with Crippen LogP contribution in [0.2, 0.25) is 0 Å². The highest BCUT2D eigenvalue weighted by atomic mass is 35.5. The second-order valence-electron chi connectivity index (χ2n) is 7.61. The first-order valence-corrected chi connectivity index (χ1v) is 13.2. The van der Waals surface area contributed by atoms with Crippen molar-refractivity contribution in [1.82, 2.24) is 9.88 Å². The first kappa shape index (κ1) is 23.8. The SMILES string of the molecule is CCCOc1cccc2sc(N3C(=O)N(CCCCl)CC3OC(=O)CCc3cccs3)nc12. The third-order valence-electron chi connectivity index (χ3n) is 5.16. The molecule has 2 amide bonds. The monoisotopic (exact) mass is 507 g/mol. The molecule has 2 aromatic heterocycles. The maximum absolute atomic E-state index is 13.2. The Hall–Kier alpha value is -2.36. The predicted octanol–water partition coefficient (Wildman–Crippen LogP) is 5.52. The van der Waals surface area contributed by atoms with Gasteiger partial charge in [0.1, 0.15) is 11.3 Å². The van der Waals surface area contributed by atoms with Crippen LogP contribution in [0.4, 0.5) is 9.93 Å². The van der Waals surface area contributed by atoms with Gasteiger partial charge in [0.05, 0.1) is 24.3 Å². The van der Waals surface area contributed by atoms with Crippen molar-refractivity contribution in [2.45, 2.75) is 38.8 Å². The third kappa shape index (κ3) is 5.59. The van der Waals surface area contributed by atoms with Crippen molar-refractivity contribution < 1.29 is 19.1 Å². The van der Waals surface area contributed by atoms with Gasteiger partial charge < -0.3 is 14.4 Å². The number of aromatic nitrogens is 1. The average molecular weight is 508 g/mol. The number of amides is 2. The zero-order valence-electron chi connectivity index (χ0n) is 18.4. The molecule has 0 radical (unpaired) electrons. The van der Waals surface area contributed by atoms with Gasteiger partial charge in [-0.3, -0.25) is 4.79 Å². The van der Waals surface area contributed by atoms with E-state index in [4.69, 9.17) is 26.1 Å². The van der Waals surface area contributed by atoms with Gasteiger partial charge in [-0.05, 0) is 42.8 Å². The van der Waals surface area contributed by atoms with Crippen LogP contribution in [0.25, 0.3) is 10.2 Å². The van der Waals surface area contributed by atoms with Crippen LogP contribution in [0.5, 0.6) is 5.75 Å². The second kappa shape index (κ2) is 11.2. The topological polar surface area (TPSA) is 72.0 Å². The van der Waals surface area contributed by atoms with Crippen LogP contribution < -0.4 is 9.64 Å². The summed E-state index contributed by atoms with van der Waals surface area (Å²) in [5, 5.41) is 2.48. The highest BCUT2D eigenvalue weighted by molar-refractivity contribution is 7.22. The van der Waals surface area contributed by atoms with E-state index < -0.39 is 6.23 Å². The minimum atomic E-state index is -0.732. The Balaban J connectivity index is 1.55. The number of alkyl halides is 1. The fourth-order valence-electron chi connectivity index (χ4n) is 3.59. The van der Waals surface area contributed by atoms with E-state index in [1.54, 1.807) is 16.2 Å². The van der Waals surface area contributed by atoms with Gasteiger partial charge >= 0.3 is 12.0 Å². The van der Waals surface area contributed by atoms with Crippen LogP contribution in [0.15, 0.2) is 35.7 Å². The van der Waals surface area contributed by atoms with Crippen LogP contribution in [0.3, 0.4) is 0 Å². The van der Waals surface area contributed by atoms with Gasteiger partial charge in [0, 0.05) is 17.3 Å². The molecule has 33 heavy (non-hydrogen) atoms. The molecule has 0 aliphatic carbocycles. The van der Waals surface area contributed by atoms with Gasteiger partial charge in [-0.2, -0.15) is 0 Å². The van der Waals surface area contributed by atoms with Gasteiger partial charge in [-0.25, -0.2) is 14.7 Å². The number of urea groups is 1. The molecule has 7 nitrogen and oxygen atoms in total. The molecule has 1 unspecified atom stereocenters. The van der Waals surface area contributed by atoms with Crippen LogP contribution in [-0.4, -0.2) is 53.7 Å². The van der Waals surface area contributed by atoms with Crippen LogP contribution in [-0.2, 0) is 16.0 Å². The maximum atomic E-state index is 13.2. The molecule has 4 rings (SSSR count). The molecule has 3 heterocycles. The Morgan fingerprint density at radius 2 is 2.18 bits per heavy atom. The Bertz CT molecular complexity index is 1090. The molecular formula is C23H26ClN3O4S2. The number of thiophene rings is 1. The molecule has 0 saturated carbocycles. The molecule has 0 N–H and O–H groups in total. The van der Waals surface area contributed by atoms with Crippen molar-refractivity contribution in [3.8, 4) is 5.75 Å². The standard InChI is InChI=1S/C23H26ClN3O4S2/c1-2-13-30-17-7-3-8-18-21(17)25-22(33-18)27-19(15-26(23(27)29)12-5-11-24)31-20(28)10-9-16-6-4-14-32-16/h3-4,6-8,14,19H,2,5,9-13,15H2,1H3. The lowest BCUT2D eigenvalue weighted by Gasteiger charge is -2.20. The smallest absolute Gasteiger partial charge is 0.329 e. The lowest BCUT2D eigenvalue weighted by atomic mass is 10.3. The summed E-state index contributed by atoms with van der Waals surface area (Å²) in [4.78, 5) is 34.8. The number of ether oxygens (including phenoxy) is 2. The third-order valence-corrected chi connectivity index (χ3v) is 7.39. The van der Waals surface area contributed by atoms with Crippen molar-refractivity contribution >= 4 is 61.6 Å². The molecule has 10 heteroatoms. The van der Waals surface area contributed by atoms with Crippen molar-refractivity contribution in [3.05, 3.63) is 40.6 Å². The van der Waals surface area contributed by atoms with Crippen molar-refractivity contribution in [2.24, 2.45) is 0 Å². The molecular weight excluding hydrogens is 482 g/mol. The number of esters is 1. The number of carbonyl (C=O) groups excluding carboxylic acids is 2. The largest absolute Gasteiger partial charge is 0.491 e. The number of aryl methyl sites for hydroxylation is 1. The normalized spacial score (nSPS) is 16.1. The number of halogens is 1. The fourth-order valence-corrected chi connectivity index (χ4v) is 5.44. The fraction of sp³-hybridized carbons (Fsp3) is 0.435. The van der Waals surface area contributed by atoms with Crippen molar-refractivity contribution in [2.75, 3.05) is 30.5 Å². The summed E-state index contributed by atoms with van der Waals surface area (Å²) in [5.74, 6) is 0.805. The molecule has 1 aliphatic heterocycles. The molecule has 1 atom stereocenters. The second-order valence-corrected chi connectivity index (χ2v) is 10.0. The molecule has 0 spiro atoms. The lowest BCUT2D eigenvalue weighted by molar-refractivity contribution is -0.148. The number of nitrogens with zero attached hydrogens (tertiary/aromatic N) is 3. The Morgan fingerprint density at radius 1 is 1.30 bits per heavy atom. The first-order valence-electron chi connectivity index (χ1n) is 11.0. The first-order chi connectivity index (χ1) is 16.1. The number of hydrogen-bond donors (Lipinski definition) is 0. The number of benzene rings is 1. The maximum Gasteiger partial charge on any atom is 0.329 e. The summed E-state index contributed by atoms with van der Waals surface area (Å²) in [6, 6.07) is 9.47. The van der Waals surface area contributed by atoms with Crippen LogP contribution in [0.1, 0.15) is 31.1 Å². The summed E-state index contributed by atoms with van der Waals surface area (Å²) in [6.45, 7) is 3.42. The molecule has 1 fully saturated rings. The minimum absolute atomic E-state index is 0.230. The van der Waals surface area contributed by atoms with E-state index in [0.29, 0.717) is 48.3 Å². The number of anilines is 1. The number of fused-ring (bicyclic) bond motifs is 1. The summed E-state index contributed by atoms with van der Waals surface area (Å²) in [6.07, 6.45) is 1.69. The van der Waals surface area contributed by atoms with E-state index in [1.807, 2.05) is 42.6 Å². The highest BCUT2D eigenvalue weighted by Gasteiger charge is 2.42. The van der Waals surface area contributed by atoms with Gasteiger partial charge in [-0.1, -0.05) is 30.4 Å². The van der Waals surface area contributed by atoms with E-state index in [9.17, 15) is 9.59 Å². The Labute approximate surface area is 205 Å². The van der Waals surface area contributed by atoms with Crippen molar-refractivity contribution in [3.63, 3.8) is 0 Å². The van der Waals surface area contributed by atoms with E-state index in [0.717, 1.165) is 16.0 Å². The summed E-state index contributed by atoms with van der Waals surface area (Å²) in [5.41, 5.74) is 0.709. The zero-order chi connectivity index (χ0) is 23.2. The summed E-state index contributed by atoms with van der Waals surface area (Å²) in [7, 11) is 0. The number of hydrogen-bond acceptors (Lipinski definition) is 7. The van der Waals surface area contributed by atoms with E-state index in [2.05, 4.69) is 0 Å². The summed E-state index contributed by atoms with van der Waals surface area (Å²) >= 11 is 8.84. The van der Waals surface area contributed by atoms with Crippen molar-refractivity contribution in [1.29, 1.82) is 0 Å². The van der Waals surface area contributed by atoms with Crippen LogP contribution >= 0.6 is 34.3 Å². The average Bonchev–Trinajstić information content (AvgIpc) is 3.54. The molecule has 176 valence electrons. The number of carbonyl (C=O) groups is 2. The molecule has 1 aliphatic rings. The summed E-state index contributed by atoms with van der Waals surface area (Å²) < 4.78 is 12.5. The van der Waals surface area contributed by atoms with E-state index in [-0.39, 0.29) is 25.0 Å². The predicted molar refractivity (Wildman–Crippen MR) is 133 cm³/mol. The molecule has 1 aromatic carbocycles. The van der Waals surface area contributed by atoms with E-state index in [1.165, 1.54) is 16.2 Å². The number of thiazole rings is 1. The minimum Gasteiger partial charge on any atom is -0.491 e. The lowest BCUT2D eigenvalue weighted by Crippen LogP contribution is -2.37. The molecule has 0 bridgehead atoms. The Morgan fingerprint density at radius 3 is 2.94 bits per heavy atom. The Kier molecular flexibility index (Phi) is 8.06. The van der Waals surface area contributed by atoms with E-state index >= 15 is 0 Å². The van der Waals surface area contributed by atoms with Gasteiger partial charge in [0.15, 0.2) is 5.13 Å². The number of para-hydroxylation sites is 1. The van der Waals surface area contributed by atoms with Crippen LogP contribution in [0, 0.1) is 0 Å². The highest BCUT2D eigenvalue weighted by Crippen LogP contribution is 2.37. The van der Waals surface area contributed by atoms with Gasteiger partial charge in [-0.15, -0.1) is 22.9 Å².